The van der Waals surface area contributed by atoms with Gasteiger partial charge in [-0.05, 0) is 110 Å². The molecule has 0 spiro atoms. The summed E-state index contributed by atoms with van der Waals surface area (Å²) in [6.07, 6.45) is -1.23. The topological polar surface area (TPSA) is 142 Å². The number of fused-ring (bicyclic) bond motifs is 4. The standard InChI is InChI=1S/C22H20F3NO4S.C21H18F3NO4S/c1-13-16(17-11-15(23)4-5-19(17)26(13)12-21(27)30-2)9-14-3-6-20-18(10-14)22(24,25)7-8-31(20,28)29;1-12-15(16-10-14(22)3-4-18(16)25(12)11-20(26)27)8-13-2-5-19-17(9-13)21(23,24)6-7-30(19,28)29/h3-6,10-11H,7-9,12H2,1-2H3;2-5,9-10H,6-8,11H2,1H3,(H,26,27). The van der Waals surface area contributed by atoms with E-state index >= 15 is 0 Å². The van der Waals surface area contributed by atoms with Crippen molar-refractivity contribution < 1.29 is 62.6 Å². The molecule has 4 aromatic carbocycles. The maximum Gasteiger partial charge on any atom is 0.325 e. The second-order valence-corrected chi connectivity index (χ2v) is 19.3. The predicted molar refractivity (Wildman–Crippen MR) is 213 cm³/mol. The van der Waals surface area contributed by atoms with Gasteiger partial charge in [0.05, 0.1) is 28.4 Å². The number of alkyl halides is 4. The smallest absolute Gasteiger partial charge is 0.325 e. The second-order valence-electron chi connectivity index (χ2n) is 15.2. The van der Waals surface area contributed by atoms with E-state index in [2.05, 4.69) is 0 Å². The van der Waals surface area contributed by atoms with Crippen LogP contribution in [0.15, 0.2) is 82.6 Å². The van der Waals surface area contributed by atoms with Crippen molar-refractivity contribution in [1.82, 2.24) is 9.13 Å². The van der Waals surface area contributed by atoms with Crippen molar-refractivity contribution in [2.24, 2.45) is 0 Å². The summed E-state index contributed by atoms with van der Waals surface area (Å²) >= 11 is 0. The Hall–Kier alpha value is -5.62. The molecule has 322 valence electrons. The summed E-state index contributed by atoms with van der Waals surface area (Å²) in [6, 6.07) is 16.0. The average Bonchev–Trinajstić information content (AvgIpc) is 3.59. The second kappa shape index (κ2) is 15.7. The molecule has 0 atom stereocenters. The van der Waals surface area contributed by atoms with Gasteiger partial charge in [0, 0.05) is 57.2 Å². The Morgan fingerprint density at radius 2 is 1.07 bits per heavy atom. The highest BCUT2D eigenvalue weighted by molar-refractivity contribution is 7.91. The molecule has 0 amide bonds. The lowest BCUT2D eigenvalue weighted by Crippen LogP contribution is -2.28. The first-order valence-electron chi connectivity index (χ1n) is 18.8. The number of benzene rings is 4. The first-order chi connectivity index (χ1) is 28.5. The Kier molecular flexibility index (Phi) is 11.2. The fourth-order valence-corrected chi connectivity index (χ4v) is 11.3. The molecule has 0 radical (unpaired) electrons. The number of carbonyl (C=O) groups is 2. The molecular weight excluding hydrogens is 851 g/mol. The number of methoxy groups -OCH3 is 1. The fraction of sp³-hybridized carbons (Fsp3) is 0.302. The zero-order valence-corrected chi connectivity index (χ0v) is 34.5. The third kappa shape index (κ3) is 8.26. The minimum Gasteiger partial charge on any atom is -0.480 e. The third-order valence-electron chi connectivity index (χ3n) is 11.3. The van der Waals surface area contributed by atoms with Crippen LogP contribution in [0.1, 0.15) is 57.6 Å². The Bertz CT molecular complexity index is 3010. The largest absolute Gasteiger partial charge is 0.480 e. The number of hydrogen-bond donors (Lipinski definition) is 1. The number of ether oxygens (including phenoxy) is 1. The first kappa shape index (κ1) is 43.5. The molecule has 8 rings (SSSR count). The summed E-state index contributed by atoms with van der Waals surface area (Å²) in [4.78, 5) is 22.4. The van der Waals surface area contributed by atoms with Gasteiger partial charge in [0.25, 0.3) is 11.8 Å². The number of halogens is 6. The molecule has 10 nitrogen and oxygen atoms in total. The molecule has 18 heteroatoms. The number of sulfone groups is 2. The Labute approximate surface area is 346 Å². The molecule has 0 unspecified atom stereocenters. The van der Waals surface area contributed by atoms with E-state index in [-0.39, 0.29) is 35.7 Å². The van der Waals surface area contributed by atoms with Crippen molar-refractivity contribution in [3.8, 4) is 0 Å². The average molecular weight is 889 g/mol. The predicted octanol–water partition coefficient (Wildman–Crippen LogP) is 8.16. The van der Waals surface area contributed by atoms with E-state index in [1.807, 2.05) is 0 Å². The number of carbonyl (C=O) groups excluding carboxylic acids is 1. The van der Waals surface area contributed by atoms with Gasteiger partial charge in [-0.25, -0.2) is 43.2 Å². The van der Waals surface area contributed by atoms with Gasteiger partial charge in [0.15, 0.2) is 19.7 Å². The SMILES string of the molecule is COC(=O)Cn1c(C)c(Cc2ccc3c(c2)C(F)(F)CCS3(=O)=O)c2cc(F)ccc21.Cc1c(Cc2ccc3c(c2)C(F)(F)CCS3(=O)=O)c2cc(F)ccc2n1CC(=O)O. The van der Waals surface area contributed by atoms with Crippen molar-refractivity contribution in [3.05, 3.63) is 129 Å². The molecule has 0 fully saturated rings. The van der Waals surface area contributed by atoms with Crippen LogP contribution in [0, 0.1) is 25.5 Å². The lowest BCUT2D eigenvalue weighted by molar-refractivity contribution is -0.141. The van der Waals surface area contributed by atoms with Crippen molar-refractivity contribution in [2.75, 3.05) is 18.6 Å². The number of esters is 1. The number of aromatic nitrogens is 2. The van der Waals surface area contributed by atoms with Crippen molar-refractivity contribution in [3.63, 3.8) is 0 Å². The van der Waals surface area contributed by atoms with Crippen LogP contribution in [0.2, 0.25) is 0 Å². The van der Waals surface area contributed by atoms with Crippen LogP contribution in [0.25, 0.3) is 21.8 Å². The van der Waals surface area contributed by atoms with Crippen LogP contribution in [-0.4, -0.2) is 61.6 Å². The molecule has 6 aromatic rings. The highest BCUT2D eigenvalue weighted by Gasteiger charge is 2.44. The number of nitrogens with zero attached hydrogens (tertiary/aromatic N) is 2. The molecule has 2 aromatic heterocycles. The Morgan fingerprint density at radius 3 is 1.46 bits per heavy atom. The van der Waals surface area contributed by atoms with Gasteiger partial charge in [-0.15, -0.1) is 0 Å². The van der Waals surface area contributed by atoms with Crippen LogP contribution in [0.3, 0.4) is 0 Å². The van der Waals surface area contributed by atoms with Gasteiger partial charge in [-0.2, -0.15) is 0 Å². The van der Waals surface area contributed by atoms with E-state index in [1.54, 1.807) is 24.5 Å². The van der Waals surface area contributed by atoms with E-state index in [4.69, 9.17) is 4.74 Å². The number of carboxylic acid groups (broad SMARTS) is 1. The highest BCUT2D eigenvalue weighted by atomic mass is 32.2. The molecule has 0 aliphatic carbocycles. The Morgan fingerprint density at radius 1 is 0.656 bits per heavy atom. The molecular formula is C43H38F6N2O8S2. The van der Waals surface area contributed by atoms with Crippen LogP contribution in [-0.2, 0) is 71.8 Å². The van der Waals surface area contributed by atoms with E-state index < -0.39 is 90.6 Å². The number of rotatable bonds is 8. The molecule has 0 saturated carbocycles. The minimum absolute atomic E-state index is 0.0784. The van der Waals surface area contributed by atoms with E-state index in [9.17, 15) is 57.9 Å². The molecule has 1 N–H and O–H groups in total. The lowest BCUT2D eigenvalue weighted by atomic mass is 9.97. The van der Waals surface area contributed by atoms with Crippen LogP contribution in [0.4, 0.5) is 26.3 Å². The van der Waals surface area contributed by atoms with Crippen LogP contribution >= 0.6 is 0 Å². The van der Waals surface area contributed by atoms with Crippen LogP contribution < -0.4 is 0 Å². The van der Waals surface area contributed by atoms with Gasteiger partial charge in [0.1, 0.15) is 24.7 Å². The van der Waals surface area contributed by atoms with Gasteiger partial charge in [-0.3, -0.25) is 9.59 Å². The highest BCUT2D eigenvalue weighted by Crippen LogP contribution is 2.44. The molecule has 2 aliphatic rings. The normalized spacial score (nSPS) is 16.9. The summed E-state index contributed by atoms with van der Waals surface area (Å²) in [6.45, 7) is 3.04. The number of aliphatic carboxylic acids is 1. The van der Waals surface area contributed by atoms with Crippen molar-refractivity contribution in [2.45, 2.75) is 74.3 Å². The minimum atomic E-state index is -3.76. The van der Waals surface area contributed by atoms with E-state index in [0.717, 1.165) is 0 Å². The molecule has 61 heavy (non-hydrogen) atoms. The molecule has 2 aliphatic heterocycles. The first-order valence-corrected chi connectivity index (χ1v) is 22.1. The van der Waals surface area contributed by atoms with Crippen molar-refractivity contribution in [1.29, 1.82) is 0 Å². The van der Waals surface area contributed by atoms with Gasteiger partial charge >= 0.3 is 11.9 Å². The number of carboxylic acids is 1. The molecule has 0 bridgehead atoms. The quantitative estimate of drug-likeness (QED) is 0.119. The zero-order chi connectivity index (χ0) is 44.4. The third-order valence-corrected chi connectivity index (χ3v) is 14.9. The van der Waals surface area contributed by atoms with Gasteiger partial charge in [-0.1, -0.05) is 12.1 Å². The van der Waals surface area contributed by atoms with Gasteiger partial charge in [0.2, 0.25) is 0 Å². The molecule has 0 saturated heterocycles. The summed E-state index contributed by atoms with van der Waals surface area (Å²) in [5, 5.41) is 10.3. The summed E-state index contributed by atoms with van der Waals surface area (Å²) in [7, 11) is -6.24. The summed E-state index contributed by atoms with van der Waals surface area (Å²) in [5.41, 5.74) is 3.54. The summed E-state index contributed by atoms with van der Waals surface area (Å²) < 4.78 is 142. The van der Waals surface area contributed by atoms with E-state index in [0.29, 0.717) is 55.4 Å². The number of hydrogen-bond acceptors (Lipinski definition) is 7. The fourth-order valence-electron chi connectivity index (χ4n) is 8.14. The zero-order valence-electron chi connectivity index (χ0n) is 32.9. The van der Waals surface area contributed by atoms with Crippen molar-refractivity contribution >= 4 is 53.4 Å². The maximum atomic E-state index is 14.5. The van der Waals surface area contributed by atoms with E-state index in [1.165, 1.54) is 78.4 Å². The van der Waals surface area contributed by atoms with Gasteiger partial charge < -0.3 is 19.0 Å². The lowest BCUT2D eigenvalue weighted by Gasteiger charge is -2.25. The maximum absolute atomic E-state index is 14.5. The monoisotopic (exact) mass is 888 g/mol. The Balaban J connectivity index is 0.000000184. The van der Waals surface area contributed by atoms with Crippen LogP contribution in [0.5, 0.6) is 0 Å². The molecule has 4 heterocycles. The summed E-state index contributed by atoms with van der Waals surface area (Å²) in [5.74, 6) is -10.2.